The van der Waals surface area contributed by atoms with Crippen LogP contribution >= 0.6 is 0 Å². The summed E-state index contributed by atoms with van der Waals surface area (Å²) in [5.41, 5.74) is 2.33. The van der Waals surface area contributed by atoms with E-state index in [0.717, 1.165) is 23.2 Å². The number of fused-ring (bicyclic) bond motifs is 1. The number of nitrogens with zero attached hydrogens (tertiary/aromatic N) is 3. The van der Waals surface area contributed by atoms with Crippen molar-refractivity contribution in [3.63, 3.8) is 0 Å². The molecule has 0 spiro atoms. The number of aromatic amines is 1. The smallest absolute Gasteiger partial charge is 0.243 e. The van der Waals surface area contributed by atoms with Crippen LogP contribution in [0.25, 0.3) is 11.0 Å². The van der Waals surface area contributed by atoms with Gasteiger partial charge in [-0.3, -0.25) is 0 Å². The molecule has 3 heterocycles. The number of aryl methyl sites for hydroxylation is 1. The molecule has 178 valence electrons. The van der Waals surface area contributed by atoms with Crippen molar-refractivity contribution in [2.24, 2.45) is 0 Å². The lowest BCUT2D eigenvalue weighted by molar-refractivity contribution is 0.0730. The molecule has 11 heteroatoms. The number of sulfonamides is 1. The number of nitrogens with one attached hydrogen (secondary N) is 3. The Hall–Kier alpha value is -2.89. The van der Waals surface area contributed by atoms with Gasteiger partial charge in [-0.15, -0.1) is 0 Å². The number of benzene rings is 1. The molecule has 3 aromatic rings. The number of H-pyrrole nitrogens is 1. The van der Waals surface area contributed by atoms with Crippen LogP contribution in [0.2, 0.25) is 0 Å². The number of morpholine rings is 1. The number of aromatic nitrogens is 3. The first-order chi connectivity index (χ1) is 15.8. The lowest BCUT2D eigenvalue weighted by Crippen LogP contribution is -2.40. The van der Waals surface area contributed by atoms with Gasteiger partial charge in [0.2, 0.25) is 16.0 Å². The quantitative estimate of drug-likeness (QED) is 0.455. The number of ether oxygens (including phenoxy) is 2. The van der Waals surface area contributed by atoms with Gasteiger partial charge < -0.3 is 25.1 Å². The predicted molar refractivity (Wildman–Crippen MR) is 128 cm³/mol. The summed E-state index contributed by atoms with van der Waals surface area (Å²) in [6, 6.07) is 4.99. The van der Waals surface area contributed by atoms with Crippen LogP contribution in [-0.2, 0) is 14.8 Å². The number of anilines is 3. The summed E-state index contributed by atoms with van der Waals surface area (Å²) in [7, 11) is -2.13. The molecule has 0 saturated carbocycles. The lowest BCUT2D eigenvalue weighted by Gasteiger charge is -2.26. The molecular weight excluding hydrogens is 444 g/mol. The first kappa shape index (κ1) is 23.3. The molecule has 10 nitrogen and oxygen atoms in total. The van der Waals surface area contributed by atoms with E-state index in [2.05, 4.69) is 39.4 Å². The average Bonchev–Trinajstić information content (AvgIpc) is 3.20. The number of rotatable bonds is 8. The highest BCUT2D eigenvalue weighted by Gasteiger charge is 2.27. The zero-order valence-corrected chi connectivity index (χ0v) is 20.1. The molecule has 1 aliphatic heterocycles. The molecule has 1 saturated heterocycles. The normalized spacial score (nSPS) is 16.0. The molecular formula is C22H30N6O4S. The van der Waals surface area contributed by atoms with E-state index in [1.54, 1.807) is 12.1 Å². The van der Waals surface area contributed by atoms with Crippen LogP contribution in [0.5, 0.6) is 5.75 Å². The lowest BCUT2D eigenvalue weighted by atomic mass is 10.2. The fraction of sp³-hybridized carbons (Fsp3) is 0.455. The Balaban J connectivity index is 1.66. The number of hydrogen-bond donors (Lipinski definition) is 3. The summed E-state index contributed by atoms with van der Waals surface area (Å²) in [4.78, 5) is 12.6. The van der Waals surface area contributed by atoms with Gasteiger partial charge in [0, 0.05) is 31.4 Å². The summed E-state index contributed by atoms with van der Waals surface area (Å²) in [6.45, 7) is 7.66. The van der Waals surface area contributed by atoms with Gasteiger partial charge in [0.1, 0.15) is 17.2 Å². The molecule has 1 aliphatic rings. The average molecular weight is 475 g/mol. The summed E-state index contributed by atoms with van der Waals surface area (Å²) < 4.78 is 38.2. The Morgan fingerprint density at radius 1 is 1.27 bits per heavy atom. The molecule has 1 atom stereocenters. The largest absolute Gasteiger partial charge is 0.495 e. The molecule has 1 aromatic carbocycles. The number of hydrogen-bond acceptors (Lipinski definition) is 8. The van der Waals surface area contributed by atoms with Crippen molar-refractivity contribution in [1.82, 2.24) is 19.3 Å². The summed E-state index contributed by atoms with van der Waals surface area (Å²) in [5, 5.41) is 7.57. The van der Waals surface area contributed by atoms with Gasteiger partial charge in [0.15, 0.2) is 0 Å². The van der Waals surface area contributed by atoms with Crippen molar-refractivity contribution in [1.29, 1.82) is 0 Å². The third-order valence-corrected chi connectivity index (χ3v) is 7.65. The van der Waals surface area contributed by atoms with Gasteiger partial charge in [-0.1, -0.05) is 6.92 Å². The van der Waals surface area contributed by atoms with Crippen molar-refractivity contribution >= 4 is 38.5 Å². The molecule has 4 rings (SSSR count). The summed E-state index contributed by atoms with van der Waals surface area (Å²) in [5.74, 6) is 1.49. The van der Waals surface area contributed by atoms with Crippen molar-refractivity contribution in [2.45, 2.75) is 38.1 Å². The van der Waals surface area contributed by atoms with Gasteiger partial charge in [-0.25, -0.2) is 8.42 Å². The molecule has 0 radical (unpaired) electrons. The molecule has 0 amide bonds. The van der Waals surface area contributed by atoms with E-state index in [4.69, 9.17) is 9.47 Å². The second-order valence-electron chi connectivity index (χ2n) is 8.05. The van der Waals surface area contributed by atoms with Crippen LogP contribution in [0.4, 0.5) is 17.5 Å². The SMILES string of the molecule is CC[C@H](C)Nc1nc(Nc2ccc(S(=O)(=O)N3CCOCC3)cc2OC)nc2[nH]cc(C)c12. The Labute approximate surface area is 193 Å². The molecule has 0 bridgehead atoms. The van der Waals surface area contributed by atoms with Crippen LogP contribution in [-0.4, -0.2) is 67.1 Å². The van der Waals surface area contributed by atoms with E-state index in [1.165, 1.54) is 17.5 Å². The van der Waals surface area contributed by atoms with E-state index in [1.807, 2.05) is 13.1 Å². The Morgan fingerprint density at radius 2 is 2.03 bits per heavy atom. The van der Waals surface area contributed by atoms with Gasteiger partial charge in [0.05, 0.1) is 36.3 Å². The fourth-order valence-electron chi connectivity index (χ4n) is 3.68. The molecule has 33 heavy (non-hydrogen) atoms. The van der Waals surface area contributed by atoms with Crippen molar-refractivity contribution in [3.8, 4) is 5.75 Å². The maximum atomic E-state index is 13.0. The Morgan fingerprint density at radius 3 is 2.73 bits per heavy atom. The van der Waals surface area contributed by atoms with Gasteiger partial charge in [-0.05, 0) is 38.0 Å². The van der Waals surface area contributed by atoms with Crippen molar-refractivity contribution in [3.05, 3.63) is 30.0 Å². The van der Waals surface area contributed by atoms with Crippen LogP contribution in [0.3, 0.4) is 0 Å². The zero-order chi connectivity index (χ0) is 23.6. The highest BCUT2D eigenvalue weighted by atomic mass is 32.2. The summed E-state index contributed by atoms with van der Waals surface area (Å²) in [6.07, 6.45) is 2.85. The maximum Gasteiger partial charge on any atom is 0.243 e. The van der Waals surface area contributed by atoms with Crippen LogP contribution in [0.15, 0.2) is 29.3 Å². The standard InChI is InChI=1S/C22H30N6O4S/c1-5-15(3)24-21-19-14(2)13-23-20(19)26-22(27-21)25-17-7-6-16(12-18(17)31-4)33(29,30)28-8-10-32-11-9-28/h6-7,12-13,15H,5,8-11H2,1-4H3,(H3,23,24,25,26,27)/t15-/m0/s1. The van der Waals surface area contributed by atoms with Crippen LogP contribution in [0.1, 0.15) is 25.8 Å². The molecule has 2 aromatic heterocycles. The minimum Gasteiger partial charge on any atom is -0.495 e. The van der Waals surface area contributed by atoms with E-state index >= 15 is 0 Å². The first-order valence-corrected chi connectivity index (χ1v) is 12.4. The second-order valence-corrected chi connectivity index (χ2v) is 9.99. The zero-order valence-electron chi connectivity index (χ0n) is 19.3. The minimum atomic E-state index is -3.63. The van der Waals surface area contributed by atoms with Crippen molar-refractivity contribution < 1.29 is 17.9 Å². The molecule has 0 aliphatic carbocycles. The highest BCUT2D eigenvalue weighted by Crippen LogP contribution is 2.32. The monoisotopic (exact) mass is 474 g/mol. The predicted octanol–water partition coefficient (Wildman–Crippen LogP) is 3.25. The Kier molecular flexibility index (Phi) is 6.73. The Bertz CT molecular complexity index is 1240. The fourth-order valence-corrected chi connectivity index (χ4v) is 5.10. The third-order valence-electron chi connectivity index (χ3n) is 5.75. The maximum absolute atomic E-state index is 13.0. The van der Waals surface area contributed by atoms with E-state index < -0.39 is 10.0 Å². The first-order valence-electron chi connectivity index (χ1n) is 11.0. The molecule has 0 unspecified atom stereocenters. The topological polar surface area (TPSA) is 121 Å². The minimum absolute atomic E-state index is 0.169. The van der Waals surface area contributed by atoms with E-state index in [-0.39, 0.29) is 10.9 Å². The van der Waals surface area contributed by atoms with Crippen LogP contribution in [0, 0.1) is 6.92 Å². The molecule has 3 N–H and O–H groups in total. The second kappa shape index (κ2) is 9.54. The van der Waals surface area contributed by atoms with E-state index in [9.17, 15) is 8.42 Å². The molecule has 1 fully saturated rings. The van der Waals surface area contributed by atoms with E-state index in [0.29, 0.717) is 49.3 Å². The van der Waals surface area contributed by atoms with Gasteiger partial charge >= 0.3 is 0 Å². The number of methoxy groups -OCH3 is 1. The van der Waals surface area contributed by atoms with Gasteiger partial charge in [0.25, 0.3) is 0 Å². The van der Waals surface area contributed by atoms with Crippen LogP contribution < -0.4 is 15.4 Å². The summed E-state index contributed by atoms with van der Waals surface area (Å²) >= 11 is 0. The van der Waals surface area contributed by atoms with Crippen molar-refractivity contribution in [2.75, 3.05) is 44.0 Å². The highest BCUT2D eigenvalue weighted by molar-refractivity contribution is 7.89. The third kappa shape index (κ3) is 4.75. The van der Waals surface area contributed by atoms with Gasteiger partial charge in [-0.2, -0.15) is 14.3 Å².